The SMILES string of the molecule is C[C@@H]1Cc2ccsc2[C@](C)(C(=O)O)N1. The minimum Gasteiger partial charge on any atom is -0.480 e. The van der Waals surface area contributed by atoms with E-state index < -0.39 is 11.5 Å². The van der Waals surface area contributed by atoms with Gasteiger partial charge in [0.1, 0.15) is 5.54 Å². The Kier molecular flexibility index (Phi) is 2.12. The lowest BCUT2D eigenvalue weighted by atomic mass is 9.88. The smallest absolute Gasteiger partial charge is 0.329 e. The zero-order chi connectivity index (χ0) is 10.3. The number of carboxylic acid groups (broad SMARTS) is 1. The molecule has 3 nitrogen and oxygen atoms in total. The van der Waals surface area contributed by atoms with E-state index in [0.717, 1.165) is 11.3 Å². The molecule has 0 aliphatic carbocycles. The minimum absolute atomic E-state index is 0.221. The number of aliphatic carboxylic acids is 1. The van der Waals surface area contributed by atoms with Crippen LogP contribution in [0.1, 0.15) is 24.3 Å². The summed E-state index contributed by atoms with van der Waals surface area (Å²) in [6, 6.07) is 2.25. The second-order valence-corrected chi connectivity index (χ2v) is 4.87. The van der Waals surface area contributed by atoms with Gasteiger partial charge in [-0.2, -0.15) is 0 Å². The summed E-state index contributed by atoms with van der Waals surface area (Å²) in [6.07, 6.45) is 0.918. The first-order valence-electron chi connectivity index (χ1n) is 4.62. The number of hydrogen-bond donors (Lipinski definition) is 2. The molecule has 0 spiro atoms. The first kappa shape index (κ1) is 9.68. The fraction of sp³-hybridized carbons (Fsp3) is 0.500. The molecular formula is C10H13NO2S. The predicted molar refractivity (Wildman–Crippen MR) is 55.6 cm³/mol. The van der Waals surface area contributed by atoms with E-state index in [-0.39, 0.29) is 6.04 Å². The lowest BCUT2D eigenvalue weighted by molar-refractivity contribution is -0.145. The molecule has 1 aliphatic heterocycles. The van der Waals surface area contributed by atoms with Gasteiger partial charge in [0.15, 0.2) is 0 Å². The largest absolute Gasteiger partial charge is 0.480 e. The van der Waals surface area contributed by atoms with Crippen LogP contribution in [0.2, 0.25) is 0 Å². The van der Waals surface area contributed by atoms with Gasteiger partial charge in [0.25, 0.3) is 0 Å². The van der Waals surface area contributed by atoms with Crippen molar-refractivity contribution in [2.45, 2.75) is 31.8 Å². The highest BCUT2D eigenvalue weighted by Gasteiger charge is 2.42. The van der Waals surface area contributed by atoms with Crippen molar-refractivity contribution in [2.24, 2.45) is 0 Å². The minimum atomic E-state index is -0.902. The van der Waals surface area contributed by atoms with Gasteiger partial charge in [0.05, 0.1) is 0 Å². The zero-order valence-corrected chi connectivity index (χ0v) is 9.02. The van der Waals surface area contributed by atoms with Gasteiger partial charge >= 0.3 is 5.97 Å². The van der Waals surface area contributed by atoms with Crippen LogP contribution in [0, 0.1) is 0 Å². The van der Waals surface area contributed by atoms with E-state index in [1.54, 1.807) is 6.92 Å². The van der Waals surface area contributed by atoms with E-state index in [9.17, 15) is 9.90 Å². The summed E-state index contributed by atoms with van der Waals surface area (Å²) in [7, 11) is 0. The lowest BCUT2D eigenvalue weighted by Crippen LogP contribution is -2.53. The number of thiophene rings is 1. The summed E-state index contributed by atoms with van der Waals surface area (Å²) < 4.78 is 0. The van der Waals surface area contributed by atoms with Crippen molar-refractivity contribution in [3.8, 4) is 0 Å². The van der Waals surface area contributed by atoms with Crippen molar-refractivity contribution in [3.05, 3.63) is 21.9 Å². The molecule has 0 radical (unpaired) electrons. The number of nitrogens with one attached hydrogen (secondary N) is 1. The number of carboxylic acids is 1. The van der Waals surface area contributed by atoms with Crippen LogP contribution in [-0.2, 0) is 16.8 Å². The Hall–Kier alpha value is -0.870. The molecular weight excluding hydrogens is 198 g/mol. The first-order valence-corrected chi connectivity index (χ1v) is 5.50. The summed E-state index contributed by atoms with van der Waals surface area (Å²) >= 11 is 1.52. The highest BCUT2D eigenvalue weighted by molar-refractivity contribution is 7.10. The lowest BCUT2D eigenvalue weighted by Gasteiger charge is -2.34. The normalized spacial score (nSPS) is 31.1. The molecule has 0 bridgehead atoms. The molecule has 0 unspecified atom stereocenters. The van der Waals surface area contributed by atoms with Crippen LogP contribution in [0.5, 0.6) is 0 Å². The Morgan fingerprint density at radius 1 is 1.79 bits per heavy atom. The molecule has 0 fully saturated rings. The Balaban J connectivity index is 2.51. The van der Waals surface area contributed by atoms with Gasteiger partial charge in [-0.3, -0.25) is 5.32 Å². The number of hydrogen-bond acceptors (Lipinski definition) is 3. The van der Waals surface area contributed by atoms with E-state index >= 15 is 0 Å². The van der Waals surface area contributed by atoms with Crippen molar-refractivity contribution in [1.29, 1.82) is 0 Å². The molecule has 0 saturated carbocycles. The first-order chi connectivity index (χ1) is 6.54. The monoisotopic (exact) mass is 211 g/mol. The van der Waals surface area contributed by atoms with Crippen molar-refractivity contribution in [3.63, 3.8) is 0 Å². The summed E-state index contributed by atoms with van der Waals surface area (Å²) in [6.45, 7) is 3.75. The molecule has 1 aromatic rings. The van der Waals surface area contributed by atoms with Crippen molar-refractivity contribution < 1.29 is 9.90 Å². The van der Waals surface area contributed by atoms with E-state index in [0.29, 0.717) is 0 Å². The van der Waals surface area contributed by atoms with E-state index in [2.05, 4.69) is 5.32 Å². The van der Waals surface area contributed by atoms with Crippen LogP contribution < -0.4 is 5.32 Å². The summed E-state index contributed by atoms with van der Waals surface area (Å²) in [4.78, 5) is 12.2. The Labute approximate surface area is 86.8 Å². The van der Waals surface area contributed by atoms with Crippen LogP contribution >= 0.6 is 11.3 Å². The topological polar surface area (TPSA) is 49.3 Å². The summed E-state index contributed by atoms with van der Waals surface area (Å²) in [5.74, 6) is -0.798. The summed E-state index contributed by atoms with van der Waals surface area (Å²) in [5.41, 5.74) is 0.271. The maximum Gasteiger partial charge on any atom is 0.329 e. The third-order valence-corrected chi connectivity index (χ3v) is 3.87. The van der Waals surface area contributed by atoms with Gasteiger partial charge in [-0.1, -0.05) is 0 Å². The number of carbonyl (C=O) groups is 1. The molecule has 76 valence electrons. The van der Waals surface area contributed by atoms with Crippen LogP contribution in [0.25, 0.3) is 0 Å². The Morgan fingerprint density at radius 2 is 2.50 bits per heavy atom. The van der Waals surface area contributed by atoms with Gasteiger partial charge in [0.2, 0.25) is 0 Å². The number of rotatable bonds is 1. The van der Waals surface area contributed by atoms with Gasteiger partial charge in [-0.15, -0.1) is 11.3 Å². The molecule has 2 heterocycles. The highest BCUT2D eigenvalue weighted by Crippen LogP contribution is 2.34. The van der Waals surface area contributed by atoms with Gasteiger partial charge in [0, 0.05) is 10.9 Å². The highest BCUT2D eigenvalue weighted by atomic mass is 32.1. The third-order valence-electron chi connectivity index (χ3n) is 2.69. The molecule has 14 heavy (non-hydrogen) atoms. The second kappa shape index (κ2) is 3.07. The maximum absolute atomic E-state index is 11.2. The molecule has 2 N–H and O–H groups in total. The van der Waals surface area contributed by atoms with Crippen molar-refractivity contribution in [2.75, 3.05) is 0 Å². The van der Waals surface area contributed by atoms with Crippen LogP contribution in [0.4, 0.5) is 0 Å². The van der Waals surface area contributed by atoms with Gasteiger partial charge < -0.3 is 5.11 Å². The average molecular weight is 211 g/mol. The quantitative estimate of drug-likeness (QED) is 0.741. The van der Waals surface area contributed by atoms with Crippen LogP contribution in [-0.4, -0.2) is 17.1 Å². The molecule has 0 aromatic carbocycles. The van der Waals surface area contributed by atoms with Crippen molar-refractivity contribution >= 4 is 17.3 Å². The van der Waals surface area contributed by atoms with E-state index in [1.165, 1.54) is 16.9 Å². The van der Waals surface area contributed by atoms with E-state index in [1.807, 2.05) is 18.4 Å². The Morgan fingerprint density at radius 3 is 3.14 bits per heavy atom. The van der Waals surface area contributed by atoms with Crippen molar-refractivity contribution in [1.82, 2.24) is 5.32 Å². The molecule has 0 amide bonds. The zero-order valence-electron chi connectivity index (χ0n) is 8.20. The van der Waals surface area contributed by atoms with E-state index in [4.69, 9.17) is 0 Å². The van der Waals surface area contributed by atoms with Gasteiger partial charge in [-0.05, 0) is 37.3 Å². The standard InChI is InChI=1S/C10H13NO2S/c1-6-5-7-3-4-14-8(7)10(2,11-6)9(12)13/h3-4,6,11H,5H2,1-2H3,(H,12,13)/t6-,10-/m1/s1. The molecule has 2 rings (SSSR count). The van der Waals surface area contributed by atoms with Crippen LogP contribution in [0.15, 0.2) is 11.4 Å². The molecule has 1 aromatic heterocycles. The maximum atomic E-state index is 11.2. The molecule has 0 saturated heterocycles. The molecule has 4 heteroatoms. The predicted octanol–water partition coefficient (Wildman–Crippen LogP) is 1.58. The Bertz CT molecular complexity index is 374. The summed E-state index contributed by atoms with van der Waals surface area (Å²) in [5, 5.41) is 14.3. The number of fused-ring (bicyclic) bond motifs is 1. The second-order valence-electron chi connectivity index (χ2n) is 3.95. The third kappa shape index (κ3) is 1.26. The van der Waals surface area contributed by atoms with Crippen LogP contribution in [0.3, 0.4) is 0 Å². The molecule has 2 atom stereocenters. The average Bonchev–Trinajstić information content (AvgIpc) is 2.51. The fourth-order valence-corrected chi connectivity index (χ4v) is 3.09. The molecule has 1 aliphatic rings. The fourth-order valence-electron chi connectivity index (χ4n) is 2.03. The van der Waals surface area contributed by atoms with Gasteiger partial charge in [-0.25, -0.2) is 4.79 Å².